The van der Waals surface area contributed by atoms with Crippen LogP contribution < -0.4 is 5.32 Å². The number of carbonyl (C=O) groups is 1. The largest absolute Gasteiger partial charge is 0.304 e. The molecule has 0 aliphatic carbocycles. The zero-order valence-corrected chi connectivity index (χ0v) is 22.8. The predicted octanol–water partition coefficient (Wildman–Crippen LogP) is 5.76. The van der Waals surface area contributed by atoms with Crippen molar-refractivity contribution in [3.8, 4) is 0 Å². The van der Waals surface area contributed by atoms with Gasteiger partial charge in [-0.25, -0.2) is 35.4 Å². The molecule has 1 atom stereocenters. The lowest BCUT2D eigenvalue weighted by Crippen LogP contribution is -2.37. The van der Waals surface area contributed by atoms with Crippen LogP contribution in [0, 0.1) is 36.0 Å². The fraction of sp³-hybridized carbons (Fsp3) is 0.269. The summed E-state index contributed by atoms with van der Waals surface area (Å²) in [4.78, 5) is 19.7. The number of benzene rings is 2. The molecule has 1 aliphatic heterocycles. The number of para-hydroxylation sites is 1. The first-order valence-corrected chi connectivity index (χ1v) is 14.2. The fourth-order valence-electron chi connectivity index (χ4n) is 4.87. The number of pyridine rings is 1. The Labute approximate surface area is 235 Å². The maximum Gasteiger partial charge on any atom is 0.258 e. The number of hydrogen-bond acceptors (Lipinski definition) is 5. The summed E-state index contributed by atoms with van der Waals surface area (Å²) < 4.78 is 99.6. The number of rotatable bonds is 5. The zero-order chi connectivity index (χ0) is 29.6. The van der Waals surface area contributed by atoms with Crippen molar-refractivity contribution in [2.24, 2.45) is 0 Å². The van der Waals surface area contributed by atoms with E-state index in [9.17, 15) is 35.2 Å². The van der Waals surface area contributed by atoms with E-state index in [-0.39, 0.29) is 29.5 Å². The van der Waals surface area contributed by atoms with Gasteiger partial charge in [0, 0.05) is 30.5 Å². The van der Waals surface area contributed by atoms with Crippen LogP contribution in [0.15, 0.2) is 41.4 Å². The van der Waals surface area contributed by atoms with Crippen LogP contribution in [0.25, 0.3) is 11.0 Å². The number of fused-ring (bicyclic) bond motifs is 1. The van der Waals surface area contributed by atoms with Gasteiger partial charge in [-0.15, -0.1) is 0 Å². The molecule has 216 valence electrons. The molecule has 1 N–H and O–H groups in total. The summed E-state index contributed by atoms with van der Waals surface area (Å²) in [5, 5.41) is 2.94. The summed E-state index contributed by atoms with van der Waals surface area (Å²) in [6.07, 6.45) is 2.42. The highest BCUT2D eigenvalue weighted by molar-refractivity contribution is 7.89. The Balaban J connectivity index is 1.59. The summed E-state index contributed by atoms with van der Waals surface area (Å²) in [5.41, 5.74) is 1.60. The molecule has 1 amide bonds. The maximum atomic E-state index is 14.6. The number of amides is 1. The average molecular weight is 614 g/mol. The van der Waals surface area contributed by atoms with E-state index in [1.165, 1.54) is 16.8 Å². The molecule has 0 bridgehead atoms. The van der Waals surface area contributed by atoms with E-state index in [2.05, 4.69) is 15.3 Å². The lowest BCUT2D eigenvalue weighted by atomic mass is 10.1. The maximum absolute atomic E-state index is 14.6. The van der Waals surface area contributed by atoms with E-state index in [1.54, 1.807) is 31.2 Å². The first-order valence-electron chi connectivity index (χ1n) is 12.3. The second kappa shape index (κ2) is 11.0. The molecule has 4 aromatic rings. The van der Waals surface area contributed by atoms with Gasteiger partial charge in [0.25, 0.3) is 5.91 Å². The van der Waals surface area contributed by atoms with Crippen molar-refractivity contribution in [3.63, 3.8) is 0 Å². The first-order chi connectivity index (χ1) is 19.4. The molecule has 0 spiro atoms. The minimum Gasteiger partial charge on any atom is -0.304 e. The summed E-state index contributed by atoms with van der Waals surface area (Å²) >= 11 is 6.49. The monoisotopic (exact) mass is 613 g/mol. The third kappa shape index (κ3) is 5.15. The number of halogens is 6. The minimum absolute atomic E-state index is 0.0213. The zero-order valence-electron chi connectivity index (χ0n) is 21.3. The highest BCUT2D eigenvalue weighted by Gasteiger charge is 2.39. The fourth-order valence-corrected chi connectivity index (χ4v) is 6.75. The van der Waals surface area contributed by atoms with Crippen molar-refractivity contribution in [1.29, 1.82) is 0 Å². The Bertz CT molecular complexity index is 1770. The quantitative estimate of drug-likeness (QED) is 0.175. The first kappa shape index (κ1) is 28.9. The van der Waals surface area contributed by atoms with Gasteiger partial charge in [-0.05, 0) is 44.0 Å². The Morgan fingerprint density at radius 3 is 2.39 bits per heavy atom. The molecular weight excluding hydrogens is 593 g/mol. The van der Waals surface area contributed by atoms with E-state index in [0.29, 0.717) is 33.9 Å². The van der Waals surface area contributed by atoms with Gasteiger partial charge in [0.2, 0.25) is 21.8 Å². The van der Waals surface area contributed by atoms with E-state index in [1.807, 2.05) is 0 Å². The standard InChI is InChI=1S/C26H21ClF5N5O3S/c1-13-11-14(8-9-33-13)25(38)35-26-34-17-7-4-6-16(27)23(17)37(26)15-5-2-3-10-36(12-15)41(39,40)24-21(31)19(29)18(28)20(30)22(24)32/h4,6-9,11,15H,2-3,5,10,12H2,1H3,(H,34,35,38). The van der Waals surface area contributed by atoms with Crippen LogP contribution in [-0.4, -0.2) is 46.3 Å². The molecule has 41 heavy (non-hydrogen) atoms. The molecule has 1 fully saturated rings. The third-order valence-corrected chi connectivity index (χ3v) is 8.98. The van der Waals surface area contributed by atoms with Crippen LogP contribution in [0.2, 0.25) is 5.02 Å². The molecule has 0 radical (unpaired) electrons. The smallest absolute Gasteiger partial charge is 0.258 e. The Morgan fingerprint density at radius 1 is 1.02 bits per heavy atom. The summed E-state index contributed by atoms with van der Waals surface area (Å²) in [7, 11) is -5.20. The highest BCUT2D eigenvalue weighted by Crippen LogP contribution is 2.36. The molecule has 5 rings (SSSR count). The van der Waals surface area contributed by atoms with Crippen molar-refractivity contribution < 1.29 is 35.2 Å². The Morgan fingerprint density at radius 2 is 1.71 bits per heavy atom. The normalized spacial score (nSPS) is 16.6. The SMILES string of the molecule is Cc1cc(C(=O)Nc2nc3cccc(Cl)c3n2C2CCCCN(S(=O)(=O)c3c(F)c(F)c(F)c(F)c3F)C2)ccn1. The van der Waals surface area contributed by atoms with E-state index in [0.717, 1.165) is 0 Å². The lowest BCUT2D eigenvalue weighted by molar-refractivity contribution is 0.102. The minimum atomic E-state index is -5.20. The van der Waals surface area contributed by atoms with Crippen molar-refractivity contribution in [3.05, 3.63) is 81.9 Å². The number of anilines is 1. The Hall–Kier alpha value is -3.62. The summed E-state index contributed by atoms with van der Waals surface area (Å²) in [6.45, 7) is 1.02. The van der Waals surface area contributed by atoms with Gasteiger partial charge >= 0.3 is 0 Å². The molecule has 1 unspecified atom stereocenters. The number of nitrogens with zero attached hydrogens (tertiary/aromatic N) is 4. The van der Waals surface area contributed by atoms with Crippen LogP contribution in [0.4, 0.5) is 27.9 Å². The molecule has 1 aliphatic rings. The van der Waals surface area contributed by atoms with Crippen LogP contribution in [0.5, 0.6) is 0 Å². The number of imidazole rings is 1. The number of aromatic nitrogens is 3. The highest BCUT2D eigenvalue weighted by atomic mass is 35.5. The van der Waals surface area contributed by atoms with Crippen LogP contribution in [-0.2, 0) is 10.0 Å². The van der Waals surface area contributed by atoms with E-state index >= 15 is 0 Å². The topological polar surface area (TPSA) is 97.2 Å². The second-order valence-corrected chi connectivity index (χ2v) is 11.7. The molecule has 2 aromatic carbocycles. The molecule has 3 heterocycles. The molecule has 8 nitrogen and oxygen atoms in total. The molecule has 0 saturated carbocycles. The van der Waals surface area contributed by atoms with Crippen LogP contribution >= 0.6 is 11.6 Å². The molecular formula is C26H21ClF5N5O3S. The molecule has 15 heteroatoms. The van der Waals surface area contributed by atoms with Crippen LogP contribution in [0.1, 0.15) is 41.4 Å². The van der Waals surface area contributed by atoms with Gasteiger partial charge < -0.3 is 4.57 Å². The number of sulfonamides is 1. The van der Waals surface area contributed by atoms with Crippen molar-refractivity contribution in [2.75, 3.05) is 18.4 Å². The second-order valence-electron chi connectivity index (χ2n) is 9.46. The molecule has 2 aromatic heterocycles. The van der Waals surface area contributed by atoms with Crippen LogP contribution in [0.3, 0.4) is 0 Å². The van der Waals surface area contributed by atoms with Gasteiger partial charge in [0.05, 0.1) is 22.1 Å². The van der Waals surface area contributed by atoms with Crippen molar-refractivity contribution in [2.45, 2.75) is 37.1 Å². The van der Waals surface area contributed by atoms with E-state index in [4.69, 9.17) is 11.6 Å². The van der Waals surface area contributed by atoms with Gasteiger partial charge in [-0.1, -0.05) is 24.1 Å². The summed E-state index contributed by atoms with van der Waals surface area (Å²) in [6, 6.07) is 7.08. The number of hydrogen-bond donors (Lipinski definition) is 1. The van der Waals surface area contributed by atoms with Gasteiger partial charge in [0.1, 0.15) is 0 Å². The Kier molecular flexibility index (Phi) is 7.74. The van der Waals surface area contributed by atoms with Gasteiger partial charge in [0.15, 0.2) is 28.2 Å². The number of nitrogens with one attached hydrogen (secondary N) is 1. The number of carbonyl (C=O) groups excluding carboxylic acids is 1. The van der Waals surface area contributed by atoms with Gasteiger partial charge in [-0.3, -0.25) is 15.1 Å². The van der Waals surface area contributed by atoms with E-state index < -0.39 is 62.5 Å². The predicted molar refractivity (Wildman–Crippen MR) is 140 cm³/mol. The van der Waals surface area contributed by atoms with Crippen molar-refractivity contribution in [1.82, 2.24) is 18.8 Å². The molecule has 1 saturated heterocycles. The number of aryl methyl sites for hydroxylation is 1. The van der Waals surface area contributed by atoms with Gasteiger partial charge in [-0.2, -0.15) is 4.31 Å². The third-order valence-electron chi connectivity index (χ3n) is 6.79. The average Bonchev–Trinajstić information content (AvgIpc) is 3.11. The summed E-state index contributed by atoms with van der Waals surface area (Å²) in [5.74, 6) is -12.6. The lowest BCUT2D eigenvalue weighted by Gasteiger charge is -2.27. The van der Waals surface area contributed by atoms with Crippen molar-refractivity contribution >= 4 is 44.5 Å².